The van der Waals surface area contributed by atoms with Crippen molar-refractivity contribution in [1.29, 1.82) is 0 Å². The molecule has 12 heteroatoms. The summed E-state index contributed by atoms with van der Waals surface area (Å²) in [6.45, 7) is 4.57. The molecule has 2 N–H and O–H groups in total. The summed E-state index contributed by atoms with van der Waals surface area (Å²) in [6, 6.07) is 14.4. The molecule has 2 fully saturated rings. The van der Waals surface area contributed by atoms with Gasteiger partial charge in [0.25, 0.3) is 0 Å². The van der Waals surface area contributed by atoms with Crippen LogP contribution in [0.3, 0.4) is 0 Å². The second kappa shape index (κ2) is 11.2. The van der Waals surface area contributed by atoms with E-state index in [0.29, 0.717) is 24.3 Å². The summed E-state index contributed by atoms with van der Waals surface area (Å²) in [7, 11) is -3.92. The van der Waals surface area contributed by atoms with Crippen molar-refractivity contribution < 1.29 is 12.8 Å². The highest BCUT2D eigenvalue weighted by Crippen LogP contribution is 2.38. The minimum absolute atomic E-state index is 0.141. The van der Waals surface area contributed by atoms with E-state index in [2.05, 4.69) is 32.1 Å². The molecule has 0 spiro atoms. The third kappa shape index (κ3) is 5.42. The van der Waals surface area contributed by atoms with Gasteiger partial charge in [0.15, 0.2) is 5.82 Å². The molecule has 0 saturated carbocycles. The van der Waals surface area contributed by atoms with Crippen molar-refractivity contribution in [3.8, 4) is 28.1 Å². The van der Waals surface area contributed by atoms with Crippen LogP contribution in [0, 0.1) is 5.82 Å². The molecular formula is C28H29ClFN7O2S. The smallest absolute Gasteiger partial charge is 0.301 e. The molecule has 4 aromatic rings. The lowest BCUT2D eigenvalue weighted by atomic mass is 10.0. The molecule has 0 bridgehead atoms. The first-order valence-electron chi connectivity index (χ1n) is 13.2. The molecule has 2 saturated heterocycles. The Labute approximate surface area is 237 Å². The maximum Gasteiger partial charge on any atom is 0.301 e. The minimum atomic E-state index is -3.92. The van der Waals surface area contributed by atoms with E-state index < -0.39 is 16.0 Å². The number of benzene rings is 2. The van der Waals surface area contributed by atoms with Crippen molar-refractivity contribution in [3.05, 3.63) is 78.0 Å². The van der Waals surface area contributed by atoms with Crippen LogP contribution in [-0.2, 0) is 10.2 Å². The number of hydrogen-bond donors (Lipinski definition) is 2. The Kier molecular flexibility index (Phi) is 7.45. The van der Waals surface area contributed by atoms with Crippen LogP contribution in [0.2, 0.25) is 5.02 Å². The lowest BCUT2D eigenvalue weighted by molar-refractivity contribution is 0.482. The van der Waals surface area contributed by atoms with Crippen LogP contribution in [0.4, 0.5) is 15.8 Å². The Morgan fingerprint density at radius 1 is 0.900 bits per heavy atom. The number of nitrogens with one attached hydrogen (secondary N) is 2. The lowest BCUT2D eigenvalue weighted by Crippen LogP contribution is -2.43. The normalized spacial score (nSPS) is 16.4. The van der Waals surface area contributed by atoms with Crippen molar-refractivity contribution in [2.24, 2.45) is 0 Å². The predicted octanol–water partition coefficient (Wildman–Crippen LogP) is 4.56. The van der Waals surface area contributed by atoms with Gasteiger partial charge in [-0.15, -0.1) is 0 Å². The summed E-state index contributed by atoms with van der Waals surface area (Å²) >= 11 is 6.41. The Morgan fingerprint density at radius 2 is 1.57 bits per heavy atom. The Balaban J connectivity index is 1.40. The number of aromatic nitrogens is 3. The summed E-state index contributed by atoms with van der Waals surface area (Å²) in [5, 5.41) is 8.37. The average Bonchev–Trinajstić information content (AvgIpc) is 3.68. The number of piperazine rings is 1. The average molecular weight is 582 g/mol. The first-order valence-corrected chi connectivity index (χ1v) is 15.0. The predicted molar refractivity (Wildman–Crippen MR) is 156 cm³/mol. The van der Waals surface area contributed by atoms with Crippen molar-refractivity contribution in [3.63, 3.8) is 0 Å². The van der Waals surface area contributed by atoms with Gasteiger partial charge in [-0.05, 0) is 61.4 Å². The van der Waals surface area contributed by atoms with Gasteiger partial charge in [-0.2, -0.15) is 17.8 Å². The van der Waals surface area contributed by atoms with Crippen molar-refractivity contribution in [1.82, 2.24) is 24.4 Å². The fraction of sp³-hybridized carbons (Fsp3) is 0.286. The molecule has 2 aliphatic heterocycles. The monoisotopic (exact) mass is 581 g/mol. The molecule has 0 radical (unpaired) electrons. The maximum absolute atomic E-state index is 16.1. The second-order valence-electron chi connectivity index (χ2n) is 9.85. The number of pyridine rings is 1. The highest BCUT2D eigenvalue weighted by atomic mass is 35.5. The molecule has 9 nitrogen and oxygen atoms in total. The van der Waals surface area contributed by atoms with E-state index in [9.17, 15) is 8.42 Å². The third-order valence-corrected chi connectivity index (χ3v) is 8.98. The van der Waals surface area contributed by atoms with Gasteiger partial charge in [0.05, 0.1) is 11.4 Å². The second-order valence-corrected chi connectivity index (χ2v) is 12.0. The van der Waals surface area contributed by atoms with E-state index >= 15 is 4.39 Å². The van der Waals surface area contributed by atoms with Gasteiger partial charge in [-0.1, -0.05) is 11.6 Å². The Hall–Kier alpha value is -3.51. The molecule has 4 heterocycles. The highest BCUT2D eigenvalue weighted by molar-refractivity contribution is 7.90. The van der Waals surface area contributed by atoms with Crippen molar-refractivity contribution >= 4 is 33.2 Å². The molecule has 0 atom stereocenters. The van der Waals surface area contributed by atoms with Gasteiger partial charge in [-0.3, -0.25) is 9.71 Å². The standard InChI is InChI=1S/C28H29ClFN7O2S/c29-21-17-24(27(30)26(18-21)34-40(38,39)36-13-1-2-14-36)25-19-37(33-28(25)20-7-9-31-10-8-20)23-5-3-22(4-6-23)35-15-11-32-12-16-35/h3-10,17-19,32,34H,1-2,11-16H2. The van der Waals surface area contributed by atoms with Crippen LogP contribution in [0.1, 0.15) is 12.8 Å². The molecule has 2 aromatic carbocycles. The highest BCUT2D eigenvalue weighted by Gasteiger charge is 2.28. The molecule has 0 aliphatic carbocycles. The number of halogens is 2. The van der Waals surface area contributed by atoms with Crippen LogP contribution in [0.5, 0.6) is 0 Å². The summed E-state index contributed by atoms with van der Waals surface area (Å²) in [5.74, 6) is -0.726. The molecule has 6 rings (SSSR count). The van der Waals surface area contributed by atoms with Gasteiger partial charge >= 0.3 is 10.2 Å². The van der Waals surface area contributed by atoms with E-state index in [1.54, 1.807) is 35.4 Å². The summed E-state index contributed by atoms with van der Waals surface area (Å²) in [6.07, 6.45) is 6.57. The van der Waals surface area contributed by atoms with E-state index in [-0.39, 0.29) is 16.3 Å². The quantitative estimate of drug-likeness (QED) is 0.332. The van der Waals surface area contributed by atoms with E-state index in [1.807, 2.05) is 12.1 Å². The largest absolute Gasteiger partial charge is 0.369 e. The van der Waals surface area contributed by atoms with Crippen LogP contribution in [0.25, 0.3) is 28.1 Å². The Bertz CT molecular complexity index is 1600. The third-order valence-electron chi connectivity index (χ3n) is 7.24. The van der Waals surface area contributed by atoms with E-state index in [4.69, 9.17) is 16.7 Å². The fourth-order valence-electron chi connectivity index (χ4n) is 5.16. The van der Waals surface area contributed by atoms with Gasteiger partial charge in [0.2, 0.25) is 0 Å². The zero-order valence-electron chi connectivity index (χ0n) is 21.7. The molecule has 0 amide bonds. The number of anilines is 2. The molecule has 2 aliphatic rings. The van der Waals surface area contributed by atoms with Crippen LogP contribution in [0.15, 0.2) is 67.1 Å². The van der Waals surface area contributed by atoms with E-state index in [0.717, 1.165) is 56.0 Å². The Morgan fingerprint density at radius 3 is 2.27 bits per heavy atom. The summed E-state index contributed by atoms with van der Waals surface area (Å²) in [5.41, 5.74) is 3.59. The van der Waals surface area contributed by atoms with Crippen molar-refractivity contribution in [2.45, 2.75) is 12.8 Å². The zero-order valence-corrected chi connectivity index (χ0v) is 23.3. The molecule has 208 valence electrons. The fourth-order valence-corrected chi connectivity index (χ4v) is 6.67. The minimum Gasteiger partial charge on any atom is -0.369 e. The van der Waals surface area contributed by atoms with Gasteiger partial charge in [0, 0.05) is 85.3 Å². The van der Waals surface area contributed by atoms with E-state index in [1.165, 1.54) is 16.4 Å². The summed E-state index contributed by atoms with van der Waals surface area (Å²) in [4.78, 5) is 6.42. The molecule has 0 unspecified atom stereocenters. The summed E-state index contributed by atoms with van der Waals surface area (Å²) < 4.78 is 47.3. The molecule has 40 heavy (non-hydrogen) atoms. The number of nitrogens with zero attached hydrogens (tertiary/aromatic N) is 5. The van der Waals surface area contributed by atoms with Crippen molar-refractivity contribution in [2.75, 3.05) is 48.9 Å². The van der Waals surface area contributed by atoms with Crippen LogP contribution < -0.4 is 14.9 Å². The maximum atomic E-state index is 16.1. The molecule has 2 aromatic heterocycles. The van der Waals surface area contributed by atoms with Crippen LogP contribution >= 0.6 is 11.6 Å². The lowest BCUT2D eigenvalue weighted by Gasteiger charge is -2.29. The zero-order chi connectivity index (χ0) is 27.7. The molecular weight excluding hydrogens is 553 g/mol. The SMILES string of the molecule is O=S(=O)(Nc1cc(Cl)cc(-c2cn(-c3ccc(N4CCNCC4)cc3)nc2-c2ccncc2)c1F)N1CCCC1. The first-order chi connectivity index (χ1) is 19.4. The number of rotatable bonds is 7. The topological polar surface area (TPSA) is 95.4 Å². The van der Waals surface area contributed by atoms with Gasteiger partial charge in [0.1, 0.15) is 5.69 Å². The van der Waals surface area contributed by atoms with Gasteiger partial charge in [-0.25, -0.2) is 9.07 Å². The number of hydrogen-bond acceptors (Lipinski definition) is 6. The first kappa shape index (κ1) is 26.7. The van der Waals surface area contributed by atoms with Crippen LogP contribution in [-0.4, -0.2) is 66.8 Å². The van der Waals surface area contributed by atoms with Gasteiger partial charge < -0.3 is 10.2 Å².